The fourth-order valence-corrected chi connectivity index (χ4v) is 4.24. The first-order valence-electron chi connectivity index (χ1n) is 7.52. The van der Waals surface area contributed by atoms with E-state index in [-0.39, 0.29) is 6.03 Å². The fourth-order valence-electron chi connectivity index (χ4n) is 3.48. The predicted molar refractivity (Wildman–Crippen MR) is 84.8 cm³/mol. The van der Waals surface area contributed by atoms with Crippen LogP contribution in [0.15, 0.2) is 24.3 Å². The van der Waals surface area contributed by atoms with Crippen molar-refractivity contribution in [3.05, 3.63) is 45.4 Å². The summed E-state index contributed by atoms with van der Waals surface area (Å²) in [5.41, 5.74) is 2.86. The van der Waals surface area contributed by atoms with Crippen molar-refractivity contribution in [2.45, 2.75) is 31.8 Å². The molecule has 22 heavy (non-hydrogen) atoms. The zero-order chi connectivity index (χ0) is 15.3. The summed E-state index contributed by atoms with van der Waals surface area (Å²) in [6, 6.07) is 8.84. The van der Waals surface area contributed by atoms with Crippen LogP contribution in [0.2, 0.25) is 0 Å². The summed E-state index contributed by atoms with van der Waals surface area (Å²) in [6.07, 6.45) is 1.09. The average Bonchev–Trinajstić information content (AvgIpc) is 2.85. The Balaban J connectivity index is 1.36. The first kappa shape index (κ1) is 13.7. The lowest BCUT2D eigenvalue weighted by Gasteiger charge is -2.17. The van der Waals surface area contributed by atoms with Gasteiger partial charge in [0.1, 0.15) is 10.0 Å². The van der Waals surface area contributed by atoms with Gasteiger partial charge in [0, 0.05) is 19.0 Å². The predicted octanol–water partition coefficient (Wildman–Crippen LogP) is 2.33. The minimum absolute atomic E-state index is 0.0234. The molecule has 0 unspecified atom stereocenters. The van der Waals surface area contributed by atoms with E-state index in [2.05, 4.69) is 39.8 Å². The standard InChI is InChI=1S/C16H18N4OS/c1-9-18-19-13(22-9)8-20(2)16(21)17-15-12-7-10-5-3-4-6-11(10)14(12)15/h3-6,12,14-15H,7-8H2,1-2H3,(H,17,21)/t12-,14+,15+/m0/s1. The lowest BCUT2D eigenvalue weighted by atomic mass is 10.1. The third-order valence-corrected chi connectivity index (χ3v) is 5.44. The highest BCUT2D eigenvalue weighted by molar-refractivity contribution is 7.11. The summed E-state index contributed by atoms with van der Waals surface area (Å²) in [5.74, 6) is 1.09. The zero-order valence-electron chi connectivity index (χ0n) is 12.6. The summed E-state index contributed by atoms with van der Waals surface area (Å²) in [6.45, 7) is 2.43. The number of aryl methyl sites for hydroxylation is 1. The maximum atomic E-state index is 12.3. The van der Waals surface area contributed by atoms with Crippen LogP contribution in [0, 0.1) is 12.8 Å². The van der Waals surface area contributed by atoms with Gasteiger partial charge in [-0.3, -0.25) is 0 Å². The molecule has 1 heterocycles. The molecule has 0 bridgehead atoms. The summed E-state index contributed by atoms with van der Waals surface area (Å²) < 4.78 is 0. The van der Waals surface area contributed by atoms with Crippen molar-refractivity contribution < 1.29 is 4.79 Å². The summed E-state index contributed by atoms with van der Waals surface area (Å²) in [5, 5.41) is 13.0. The van der Waals surface area contributed by atoms with E-state index in [4.69, 9.17) is 0 Å². The SMILES string of the molecule is Cc1nnc(CN(C)C(=O)N[C@@H]2[C@H]3Cc4ccccc4[C@H]32)s1. The number of aromatic nitrogens is 2. The second kappa shape index (κ2) is 5.05. The summed E-state index contributed by atoms with van der Waals surface area (Å²) in [4.78, 5) is 14.0. The fraction of sp³-hybridized carbons (Fsp3) is 0.438. The highest BCUT2D eigenvalue weighted by Gasteiger charge is 2.56. The Morgan fingerprint density at radius 1 is 1.41 bits per heavy atom. The second-order valence-electron chi connectivity index (χ2n) is 6.14. The minimum atomic E-state index is -0.0234. The van der Waals surface area contributed by atoms with Crippen LogP contribution in [-0.4, -0.2) is 34.2 Å². The molecule has 2 aliphatic rings. The quantitative estimate of drug-likeness (QED) is 0.946. The Morgan fingerprint density at radius 3 is 3.00 bits per heavy atom. The lowest BCUT2D eigenvalue weighted by molar-refractivity contribution is 0.205. The van der Waals surface area contributed by atoms with Crippen molar-refractivity contribution in [2.75, 3.05) is 7.05 Å². The molecule has 1 aromatic heterocycles. The van der Waals surface area contributed by atoms with Gasteiger partial charge in [0.05, 0.1) is 6.54 Å². The maximum absolute atomic E-state index is 12.3. The van der Waals surface area contributed by atoms with Gasteiger partial charge in [0.25, 0.3) is 0 Å². The van der Waals surface area contributed by atoms with E-state index >= 15 is 0 Å². The zero-order valence-corrected chi connectivity index (χ0v) is 13.4. The molecule has 1 saturated carbocycles. The van der Waals surface area contributed by atoms with Crippen LogP contribution in [0.5, 0.6) is 0 Å². The number of hydrogen-bond acceptors (Lipinski definition) is 4. The number of urea groups is 1. The Hall–Kier alpha value is -1.95. The van der Waals surface area contributed by atoms with Crippen LogP contribution in [0.25, 0.3) is 0 Å². The van der Waals surface area contributed by atoms with Crippen molar-refractivity contribution >= 4 is 17.4 Å². The van der Waals surface area contributed by atoms with Crippen molar-refractivity contribution in [3.63, 3.8) is 0 Å². The number of hydrogen-bond donors (Lipinski definition) is 1. The Labute approximate surface area is 133 Å². The molecule has 2 amide bonds. The van der Waals surface area contributed by atoms with E-state index in [9.17, 15) is 4.79 Å². The van der Waals surface area contributed by atoms with Crippen molar-refractivity contribution in [2.24, 2.45) is 5.92 Å². The summed E-state index contributed by atoms with van der Waals surface area (Å²) in [7, 11) is 1.80. The number of nitrogens with one attached hydrogen (secondary N) is 1. The van der Waals surface area contributed by atoms with Crippen LogP contribution in [-0.2, 0) is 13.0 Å². The monoisotopic (exact) mass is 314 g/mol. The van der Waals surface area contributed by atoms with Gasteiger partial charge in [-0.2, -0.15) is 0 Å². The van der Waals surface area contributed by atoms with Gasteiger partial charge < -0.3 is 10.2 Å². The number of benzene rings is 1. The van der Waals surface area contributed by atoms with Gasteiger partial charge in [-0.25, -0.2) is 4.79 Å². The smallest absolute Gasteiger partial charge is 0.317 e. The average molecular weight is 314 g/mol. The molecule has 0 spiro atoms. The van der Waals surface area contributed by atoms with Gasteiger partial charge in [-0.15, -0.1) is 10.2 Å². The summed E-state index contributed by atoms with van der Waals surface area (Å²) >= 11 is 1.53. The molecule has 0 saturated heterocycles. The minimum Gasteiger partial charge on any atom is -0.334 e. The van der Waals surface area contributed by atoms with E-state index < -0.39 is 0 Å². The third kappa shape index (κ3) is 2.27. The van der Waals surface area contributed by atoms with Gasteiger partial charge in [0.2, 0.25) is 0 Å². The number of amides is 2. The molecule has 1 N–H and O–H groups in total. The molecular weight excluding hydrogens is 296 g/mol. The van der Waals surface area contributed by atoms with Crippen LogP contribution >= 0.6 is 11.3 Å². The lowest BCUT2D eigenvalue weighted by Crippen LogP contribution is -2.39. The molecule has 114 valence electrons. The van der Waals surface area contributed by atoms with Crippen LogP contribution < -0.4 is 5.32 Å². The molecule has 0 radical (unpaired) electrons. The van der Waals surface area contributed by atoms with Crippen LogP contribution in [0.1, 0.15) is 27.1 Å². The van der Waals surface area contributed by atoms with Crippen LogP contribution in [0.3, 0.4) is 0 Å². The van der Waals surface area contributed by atoms with E-state index in [1.54, 1.807) is 11.9 Å². The van der Waals surface area contributed by atoms with Gasteiger partial charge in [-0.05, 0) is 30.4 Å². The third-order valence-electron chi connectivity index (χ3n) is 4.62. The molecule has 6 heteroatoms. The second-order valence-corrected chi connectivity index (χ2v) is 7.40. The molecule has 4 rings (SSSR count). The molecule has 3 atom stereocenters. The van der Waals surface area contributed by atoms with Gasteiger partial charge in [0.15, 0.2) is 0 Å². The van der Waals surface area contributed by atoms with Crippen LogP contribution in [0.4, 0.5) is 4.79 Å². The van der Waals surface area contributed by atoms with Crippen molar-refractivity contribution in [1.29, 1.82) is 0 Å². The topological polar surface area (TPSA) is 58.1 Å². The van der Waals surface area contributed by atoms with E-state index in [1.807, 2.05) is 6.92 Å². The molecule has 0 aliphatic heterocycles. The Kier molecular flexibility index (Phi) is 3.14. The Morgan fingerprint density at radius 2 is 2.23 bits per heavy atom. The molecule has 2 aromatic rings. The number of rotatable bonds is 3. The molecule has 1 fully saturated rings. The number of carbonyl (C=O) groups excluding carboxylic acids is 1. The molecular formula is C16H18N4OS. The largest absolute Gasteiger partial charge is 0.334 e. The number of carbonyl (C=O) groups is 1. The van der Waals surface area contributed by atoms with Crippen molar-refractivity contribution in [1.82, 2.24) is 20.4 Å². The van der Waals surface area contributed by atoms with Gasteiger partial charge >= 0.3 is 6.03 Å². The van der Waals surface area contributed by atoms with Crippen molar-refractivity contribution in [3.8, 4) is 0 Å². The number of fused-ring (bicyclic) bond motifs is 3. The highest BCUT2D eigenvalue weighted by atomic mass is 32.1. The first-order chi connectivity index (χ1) is 10.6. The first-order valence-corrected chi connectivity index (χ1v) is 8.33. The Bertz CT molecular complexity index is 728. The highest BCUT2D eigenvalue weighted by Crippen LogP contribution is 2.56. The van der Waals surface area contributed by atoms with E-state index in [0.717, 1.165) is 16.4 Å². The molecule has 2 aliphatic carbocycles. The van der Waals surface area contributed by atoms with Gasteiger partial charge in [-0.1, -0.05) is 35.6 Å². The van der Waals surface area contributed by atoms with E-state index in [1.165, 1.54) is 22.5 Å². The number of nitrogens with zero attached hydrogens (tertiary/aromatic N) is 3. The molecule has 5 nitrogen and oxygen atoms in total. The maximum Gasteiger partial charge on any atom is 0.317 e. The van der Waals surface area contributed by atoms with E-state index in [0.29, 0.717) is 24.4 Å². The normalized spacial score (nSPS) is 24.5. The molecule has 1 aromatic carbocycles.